The second-order valence-corrected chi connectivity index (χ2v) is 8.84. The van der Waals surface area contributed by atoms with Gasteiger partial charge in [0.2, 0.25) is 0 Å². The zero-order valence-corrected chi connectivity index (χ0v) is 19.2. The smallest absolute Gasteiger partial charge is 0.314 e. The quantitative estimate of drug-likeness (QED) is 0.323. The van der Waals surface area contributed by atoms with Crippen molar-refractivity contribution in [2.45, 2.75) is 31.1 Å². The number of carboxylic acid groups (broad SMARTS) is 1. The lowest BCUT2D eigenvalue weighted by atomic mass is 9.64. The number of carbonyl (C=O) groups is 1. The molecule has 0 amide bonds. The molecule has 3 aromatic carbocycles. The van der Waals surface area contributed by atoms with Crippen LogP contribution in [0.2, 0.25) is 5.02 Å². The third kappa shape index (κ3) is 4.31. The van der Waals surface area contributed by atoms with Crippen LogP contribution in [0.15, 0.2) is 66.7 Å². The van der Waals surface area contributed by atoms with Crippen molar-refractivity contribution < 1.29 is 19.4 Å². The van der Waals surface area contributed by atoms with E-state index in [1.807, 2.05) is 54.6 Å². The Balaban J connectivity index is 1.17. The molecule has 0 atom stereocenters. The summed E-state index contributed by atoms with van der Waals surface area (Å²) in [7, 11) is 0. The van der Waals surface area contributed by atoms with E-state index in [1.165, 1.54) is 4.80 Å². The third-order valence-corrected chi connectivity index (χ3v) is 6.50. The van der Waals surface area contributed by atoms with Gasteiger partial charge in [-0.1, -0.05) is 42.3 Å². The number of fused-ring (bicyclic) bond motifs is 1. The molecular formula is C26H24ClN3O4. The summed E-state index contributed by atoms with van der Waals surface area (Å²) in [5.41, 5.74) is 2.37. The minimum Gasteiger partial charge on any atom is -0.493 e. The summed E-state index contributed by atoms with van der Waals surface area (Å²) in [6.45, 7) is 0.909. The molecule has 0 saturated heterocycles. The first-order valence-corrected chi connectivity index (χ1v) is 11.6. The van der Waals surface area contributed by atoms with Crippen LogP contribution >= 0.6 is 11.6 Å². The molecule has 1 heterocycles. The Labute approximate surface area is 201 Å². The average molecular weight is 478 g/mol. The molecule has 1 N–H and O–H groups in total. The van der Waals surface area contributed by atoms with E-state index in [2.05, 4.69) is 10.2 Å². The molecule has 34 heavy (non-hydrogen) atoms. The zero-order chi connectivity index (χ0) is 23.5. The van der Waals surface area contributed by atoms with Gasteiger partial charge in [0.15, 0.2) is 0 Å². The van der Waals surface area contributed by atoms with E-state index in [9.17, 15) is 9.90 Å². The normalized spacial score (nSPS) is 14.5. The number of aromatic nitrogens is 3. The molecule has 1 saturated carbocycles. The van der Waals surface area contributed by atoms with Crippen LogP contribution in [0.3, 0.4) is 0 Å². The molecule has 1 aromatic heterocycles. The standard InChI is InChI=1S/C26H24ClN3O4/c27-19-9-12-24(23(17-19)30-28-21-5-1-2-6-22(21)29-30)34-16-4-15-33-20-10-7-18(8-11-20)26(25(31)32)13-3-14-26/h1-2,5-12,17H,3-4,13-16H2,(H,31,32). The van der Waals surface area contributed by atoms with Gasteiger partial charge >= 0.3 is 5.97 Å². The van der Waals surface area contributed by atoms with Crippen molar-refractivity contribution in [1.29, 1.82) is 0 Å². The van der Waals surface area contributed by atoms with Crippen molar-refractivity contribution >= 4 is 28.6 Å². The Hall–Kier alpha value is -3.58. The first-order valence-electron chi connectivity index (χ1n) is 11.3. The minimum absolute atomic E-state index is 0.440. The number of aliphatic carboxylic acids is 1. The molecule has 7 nitrogen and oxygen atoms in total. The van der Waals surface area contributed by atoms with Crippen molar-refractivity contribution in [3.63, 3.8) is 0 Å². The minimum atomic E-state index is -0.746. The highest BCUT2D eigenvalue weighted by molar-refractivity contribution is 6.30. The fraction of sp³-hybridized carbons (Fsp3) is 0.269. The van der Waals surface area contributed by atoms with E-state index in [4.69, 9.17) is 21.1 Å². The largest absolute Gasteiger partial charge is 0.493 e. The van der Waals surface area contributed by atoms with Gasteiger partial charge in [-0.15, -0.1) is 15.0 Å². The zero-order valence-electron chi connectivity index (χ0n) is 18.5. The topological polar surface area (TPSA) is 86.5 Å². The summed E-state index contributed by atoms with van der Waals surface area (Å²) >= 11 is 6.21. The van der Waals surface area contributed by atoms with Crippen LogP contribution in [-0.2, 0) is 10.2 Å². The van der Waals surface area contributed by atoms with Gasteiger partial charge in [0.1, 0.15) is 28.2 Å². The van der Waals surface area contributed by atoms with Crippen molar-refractivity contribution in [2.75, 3.05) is 13.2 Å². The summed E-state index contributed by atoms with van der Waals surface area (Å²) < 4.78 is 11.8. The summed E-state index contributed by atoms with van der Waals surface area (Å²) in [6, 6.07) is 20.4. The second kappa shape index (κ2) is 9.35. The highest BCUT2D eigenvalue weighted by Gasteiger charge is 2.45. The summed E-state index contributed by atoms with van der Waals surface area (Å²) in [4.78, 5) is 13.2. The maximum absolute atomic E-state index is 11.7. The maximum atomic E-state index is 11.7. The van der Waals surface area contributed by atoms with Gasteiger partial charge in [-0.25, -0.2) is 0 Å². The lowest BCUT2D eigenvalue weighted by molar-refractivity contribution is -0.147. The van der Waals surface area contributed by atoms with Crippen LogP contribution in [0.5, 0.6) is 11.5 Å². The summed E-state index contributed by atoms with van der Waals surface area (Å²) in [6.07, 6.45) is 3.00. The van der Waals surface area contributed by atoms with E-state index in [-0.39, 0.29) is 0 Å². The van der Waals surface area contributed by atoms with Gasteiger partial charge in [-0.05, 0) is 60.9 Å². The molecule has 8 heteroatoms. The van der Waals surface area contributed by atoms with Crippen LogP contribution in [0.25, 0.3) is 16.7 Å². The molecule has 0 radical (unpaired) electrons. The number of hydrogen-bond acceptors (Lipinski definition) is 5. The van der Waals surface area contributed by atoms with Crippen LogP contribution < -0.4 is 9.47 Å². The number of ether oxygens (including phenoxy) is 2. The molecule has 0 unspecified atom stereocenters. The Morgan fingerprint density at radius 3 is 2.26 bits per heavy atom. The van der Waals surface area contributed by atoms with E-state index >= 15 is 0 Å². The fourth-order valence-corrected chi connectivity index (χ4v) is 4.36. The SMILES string of the molecule is O=C(O)C1(c2ccc(OCCCOc3ccc(Cl)cc3-n3nc4ccccc4n3)cc2)CCC1. The van der Waals surface area contributed by atoms with Crippen LogP contribution in [0.1, 0.15) is 31.2 Å². The number of rotatable bonds is 9. The maximum Gasteiger partial charge on any atom is 0.314 e. The third-order valence-electron chi connectivity index (χ3n) is 6.26. The number of nitrogens with zero attached hydrogens (tertiary/aromatic N) is 3. The molecule has 4 aromatic rings. The number of carboxylic acids is 1. The Morgan fingerprint density at radius 2 is 1.65 bits per heavy atom. The second-order valence-electron chi connectivity index (χ2n) is 8.41. The first kappa shape index (κ1) is 22.2. The van der Waals surface area contributed by atoms with Crippen molar-refractivity contribution in [3.8, 4) is 17.2 Å². The van der Waals surface area contributed by atoms with Gasteiger partial charge < -0.3 is 14.6 Å². The lowest BCUT2D eigenvalue weighted by Crippen LogP contribution is -2.42. The first-order chi connectivity index (χ1) is 16.5. The number of benzene rings is 3. The van der Waals surface area contributed by atoms with Gasteiger partial charge in [-0.3, -0.25) is 4.79 Å². The highest BCUT2D eigenvalue weighted by Crippen LogP contribution is 2.44. The predicted octanol–water partition coefficient (Wildman–Crippen LogP) is 5.43. The van der Waals surface area contributed by atoms with E-state index < -0.39 is 11.4 Å². The van der Waals surface area contributed by atoms with E-state index in [1.54, 1.807) is 12.1 Å². The lowest BCUT2D eigenvalue weighted by Gasteiger charge is -2.38. The predicted molar refractivity (Wildman–Crippen MR) is 129 cm³/mol. The average Bonchev–Trinajstić information content (AvgIpc) is 3.24. The molecule has 1 aliphatic rings. The monoisotopic (exact) mass is 477 g/mol. The Bertz CT molecular complexity index is 1280. The number of hydrogen-bond donors (Lipinski definition) is 1. The Kier molecular flexibility index (Phi) is 6.11. The van der Waals surface area contributed by atoms with E-state index in [0.717, 1.165) is 23.0 Å². The van der Waals surface area contributed by atoms with Crippen molar-refractivity contribution in [3.05, 3.63) is 77.3 Å². The Morgan fingerprint density at radius 1 is 0.971 bits per heavy atom. The van der Waals surface area contributed by atoms with Gasteiger partial charge in [0.05, 0.1) is 18.6 Å². The van der Waals surface area contributed by atoms with Crippen LogP contribution in [0.4, 0.5) is 0 Å². The molecule has 174 valence electrons. The van der Waals surface area contributed by atoms with Gasteiger partial charge in [0, 0.05) is 11.4 Å². The fourth-order valence-electron chi connectivity index (χ4n) is 4.19. The molecule has 1 fully saturated rings. The van der Waals surface area contributed by atoms with Gasteiger partial charge in [0.25, 0.3) is 0 Å². The molecule has 1 aliphatic carbocycles. The van der Waals surface area contributed by atoms with E-state index in [0.29, 0.717) is 54.7 Å². The molecule has 5 rings (SSSR count). The van der Waals surface area contributed by atoms with Crippen LogP contribution in [0, 0.1) is 0 Å². The summed E-state index contributed by atoms with van der Waals surface area (Å²) in [5.74, 6) is 0.598. The molecule has 0 bridgehead atoms. The van der Waals surface area contributed by atoms with Crippen molar-refractivity contribution in [1.82, 2.24) is 15.0 Å². The van der Waals surface area contributed by atoms with Crippen molar-refractivity contribution in [2.24, 2.45) is 0 Å². The molecular weight excluding hydrogens is 454 g/mol. The molecule has 0 aliphatic heterocycles. The van der Waals surface area contributed by atoms with Crippen LogP contribution in [-0.4, -0.2) is 39.3 Å². The number of halogens is 1. The highest BCUT2D eigenvalue weighted by atomic mass is 35.5. The van der Waals surface area contributed by atoms with Gasteiger partial charge in [-0.2, -0.15) is 0 Å². The summed E-state index contributed by atoms with van der Waals surface area (Å²) in [5, 5.41) is 19.2. The molecule has 0 spiro atoms.